The van der Waals surface area contributed by atoms with Gasteiger partial charge in [0.25, 0.3) is 0 Å². The van der Waals surface area contributed by atoms with Gasteiger partial charge in [-0.1, -0.05) is 11.6 Å². The van der Waals surface area contributed by atoms with Crippen LogP contribution in [0.5, 0.6) is 0 Å². The van der Waals surface area contributed by atoms with Crippen molar-refractivity contribution in [3.05, 3.63) is 47.5 Å². The van der Waals surface area contributed by atoms with E-state index in [-0.39, 0.29) is 12.2 Å². The quantitative estimate of drug-likeness (QED) is 0.340. The molecular formula is C35H55ClN6O5. The molecule has 3 aliphatic rings. The van der Waals surface area contributed by atoms with Gasteiger partial charge in [-0.3, -0.25) is 9.97 Å². The summed E-state index contributed by atoms with van der Waals surface area (Å²) in [6.07, 6.45) is 11.0. The van der Waals surface area contributed by atoms with E-state index in [1.807, 2.05) is 71.0 Å². The molecule has 5 rings (SSSR count). The van der Waals surface area contributed by atoms with E-state index in [0.717, 1.165) is 64.5 Å². The van der Waals surface area contributed by atoms with Crippen molar-refractivity contribution in [3.8, 4) is 0 Å². The molecule has 2 aromatic heterocycles. The lowest BCUT2D eigenvalue weighted by molar-refractivity contribution is 0.0252. The molecule has 11 nitrogen and oxygen atoms in total. The number of carbonyl (C=O) groups excluding carboxylic acids is 2. The first-order valence-electron chi connectivity index (χ1n) is 16.8. The normalized spacial score (nSPS) is 17.4. The molecule has 3 aliphatic heterocycles. The Balaban J connectivity index is 0.000000222. The zero-order chi connectivity index (χ0) is 34.5. The van der Waals surface area contributed by atoms with E-state index in [1.54, 1.807) is 17.3 Å². The van der Waals surface area contributed by atoms with Crippen molar-refractivity contribution in [1.29, 1.82) is 0 Å². The fourth-order valence-corrected chi connectivity index (χ4v) is 5.53. The standard InChI is InChI=1S/C16H25N3O2.C15H22ClN3O2.C4H8O/c1-13-12-17-7-6-14(13)18-8-5-9-19(11-10-18)15(20)21-16(2,3)4;1-15(2,3)21-14(20)19-8-4-7-18(9-10-19)13-5-6-17-11-12(13)16;1-2-4-5-3-1/h6-7,12H,5,8-11H2,1-4H3;5-6,11H,4,7-10H2,1-3H3;1-4H2. The monoisotopic (exact) mass is 674 g/mol. The number of aromatic nitrogens is 2. The predicted octanol–water partition coefficient (Wildman–Crippen LogP) is 6.82. The molecule has 2 amide bonds. The van der Waals surface area contributed by atoms with E-state index in [2.05, 4.69) is 26.7 Å². The molecule has 0 unspecified atom stereocenters. The largest absolute Gasteiger partial charge is 0.444 e. The van der Waals surface area contributed by atoms with Crippen LogP contribution in [0.25, 0.3) is 0 Å². The minimum absolute atomic E-state index is 0.212. The summed E-state index contributed by atoms with van der Waals surface area (Å²) in [6.45, 7) is 21.6. The first-order valence-corrected chi connectivity index (χ1v) is 17.1. The Kier molecular flexibility index (Phi) is 14.8. The van der Waals surface area contributed by atoms with Crippen LogP contribution in [-0.4, -0.2) is 109 Å². The number of aryl methyl sites for hydroxylation is 1. The van der Waals surface area contributed by atoms with Gasteiger partial charge >= 0.3 is 12.2 Å². The second-order valence-corrected chi connectivity index (χ2v) is 14.3. The number of halogens is 1. The molecular weight excluding hydrogens is 620 g/mol. The number of nitrogens with zero attached hydrogens (tertiary/aromatic N) is 6. The molecule has 0 aromatic carbocycles. The summed E-state index contributed by atoms with van der Waals surface area (Å²) in [5, 5.41) is 0.642. The van der Waals surface area contributed by atoms with Gasteiger partial charge in [-0.25, -0.2) is 9.59 Å². The number of anilines is 2. The van der Waals surface area contributed by atoms with Crippen LogP contribution in [0.15, 0.2) is 36.9 Å². The van der Waals surface area contributed by atoms with Crippen molar-refractivity contribution < 1.29 is 23.8 Å². The van der Waals surface area contributed by atoms with E-state index in [9.17, 15) is 9.59 Å². The topological polar surface area (TPSA) is 101 Å². The zero-order valence-corrected chi connectivity index (χ0v) is 30.2. The maximum atomic E-state index is 12.2. The predicted molar refractivity (Wildman–Crippen MR) is 188 cm³/mol. The fourth-order valence-electron chi connectivity index (χ4n) is 5.29. The second kappa shape index (κ2) is 18.3. The molecule has 0 spiro atoms. The highest BCUT2D eigenvalue weighted by Gasteiger charge is 2.26. The van der Waals surface area contributed by atoms with Crippen LogP contribution < -0.4 is 9.80 Å². The Bertz CT molecular complexity index is 1160. The van der Waals surface area contributed by atoms with E-state index >= 15 is 0 Å². The lowest BCUT2D eigenvalue weighted by Crippen LogP contribution is -2.39. The van der Waals surface area contributed by atoms with Crippen molar-refractivity contribution in [1.82, 2.24) is 19.8 Å². The summed E-state index contributed by atoms with van der Waals surface area (Å²) >= 11 is 6.19. The van der Waals surface area contributed by atoms with Gasteiger partial charge < -0.3 is 33.8 Å². The zero-order valence-electron chi connectivity index (χ0n) is 29.5. The molecule has 0 bridgehead atoms. The number of amides is 2. The van der Waals surface area contributed by atoms with Crippen LogP contribution in [-0.2, 0) is 14.2 Å². The van der Waals surface area contributed by atoms with Gasteiger partial charge in [0.1, 0.15) is 11.2 Å². The molecule has 12 heteroatoms. The summed E-state index contributed by atoms with van der Waals surface area (Å²) in [4.78, 5) is 40.5. The first-order chi connectivity index (χ1) is 22.2. The Hall–Kier alpha value is -3.31. The molecule has 3 saturated heterocycles. The molecule has 2 aromatic rings. The van der Waals surface area contributed by atoms with Crippen molar-refractivity contribution in [2.45, 2.75) is 85.4 Å². The molecule has 0 radical (unpaired) electrons. The van der Waals surface area contributed by atoms with Crippen molar-refractivity contribution in [3.63, 3.8) is 0 Å². The number of pyridine rings is 2. The first kappa shape index (κ1) is 38.1. The Morgan fingerprint density at radius 3 is 1.57 bits per heavy atom. The molecule has 0 atom stereocenters. The minimum atomic E-state index is -0.461. The third kappa shape index (κ3) is 13.8. The second-order valence-electron chi connectivity index (χ2n) is 13.9. The number of hydrogen-bond acceptors (Lipinski definition) is 9. The highest BCUT2D eigenvalue weighted by Crippen LogP contribution is 2.25. The van der Waals surface area contributed by atoms with Gasteiger partial charge in [0, 0.05) is 96.0 Å². The van der Waals surface area contributed by atoms with E-state index in [4.69, 9.17) is 25.8 Å². The van der Waals surface area contributed by atoms with Crippen LogP contribution in [0, 0.1) is 6.92 Å². The Morgan fingerprint density at radius 2 is 1.15 bits per heavy atom. The molecule has 3 fully saturated rings. The SMILES string of the molecule is C1CCOC1.CC(C)(C)OC(=O)N1CCCN(c2ccncc2Cl)CC1.Cc1cnccc1N1CCCN(C(=O)OC(C)(C)C)CC1. The third-order valence-electron chi connectivity index (χ3n) is 7.55. The molecule has 262 valence electrons. The van der Waals surface area contributed by atoms with E-state index in [1.165, 1.54) is 24.1 Å². The lowest BCUT2D eigenvalue weighted by atomic mass is 10.2. The van der Waals surface area contributed by atoms with Gasteiger partial charge in [0.2, 0.25) is 0 Å². The molecule has 0 N–H and O–H groups in total. The van der Waals surface area contributed by atoms with Crippen LogP contribution in [0.4, 0.5) is 21.0 Å². The summed E-state index contributed by atoms with van der Waals surface area (Å²) in [5.74, 6) is 0. The lowest BCUT2D eigenvalue weighted by Gasteiger charge is -2.27. The molecule has 5 heterocycles. The average molecular weight is 675 g/mol. The summed E-state index contributed by atoms with van der Waals surface area (Å²) in [5.41, 5.74) is 2.44. The number of ether oxygens (including phenoxy) is 3. The highest BCUT2D eigenvalue weighted by atomic mass is 35.5. The van der Waals surface area contributed by atoms with Gasteiger partial charge in [0.15, 0.2) is 0 Å². The Labute approximate surface area is 286 Å². The number of rotatable bonds is 2. The summed E-state index contributed by atoms with van der Waals surface area (Å²) in [7, 11) is 0. The van der Waals surface area contributed by atoms with Gasteiger partial charge in [0.05, 0.1) is 10.7 Å². The Morgan fingerprint density at radius 1 is 0.681 bits per heavy atom. The molecule has 0 saturated carbocycles. The van der Waals surface area contributed by atoms with E-state index in [0.29, 0.717) is 24.7 Å². The summed E-state index contributed by atoms with van der Waals surface area (Å²) < 4.78 is 15.8. The van der Waals surface area contributed by atoms with Crippen LogP contribution >= 0.6 is 11.6 Å². The molecule has 47 heavy (non-hydrogen) atoms. The van der Waals surface area contributed by atoms with Crippen LogP contribution in [0.1, 0.15) is 72.8 Å². The smallest absolute Gasteiger partial charge is 0.410 e. The van der Waals surface area contributed by atoms with Crippen molar-refractivity contribution in [2.24, 2.45) is 0 Å². The van der Waals surface area contributed by atoms with Crippen LogP contribution in [0.3, 0.4) is 0 Å². The summed E-state index contributed by atoms with van der Waals surface area (Å²) in [6, 6.07) is 3.95. The van der Waals surface area contributed by atoms with Crippen LogP contribution in [0.2, 0.25) is 5.02 Å². The van der Waals surface area contributed by atoms with Crippen molar-refractivity contribution >= 4 is 35.2 Å². The average Bonchev–Trinajstić information content (AvgIpc) is 3.36. The molecule has 0 aliphatic carbocycles. The highest BCUT2D eigenvalue weighted by molar-refractivity contribution is 6.33. The number of hydrogen-bond donors (Lipinski definition) is 0. The maximum absolute atomic E-state index is 12.2. The third-order valence-corrected chi connectivity index (χ3v) is 7.84. The fraction of sp³-hybridized carbons (Fsp3) is 0.657. The van der Waals surface area contributed by atoms with Gasteiger partial charge in [-0.2, -0.15) is 0 Å². The van der Waals surface area contributed by atoms with Gasteiger partial charge in [-0.15, -0.1) is 0 Å². The van der Waals surface area contributed by atoms with Crippen molar-refractivity contribution in [2.75, 3.05) is 75.4 Å². The minimum Gasteiger partial charge on any atom is -0.444 e. The van der Waals surface area contributed by atoms with E-state index < -0.39 is 11.2 Å². The maximum Gasteiger partial charge on any atom is 0.410 e. The van der Waals surface area contributed by atoms with Gasteiger partial charge in [-0.05, 0) is 91.8 Å². The number of carbonyl (C=O) groups is 2.